The van der Waals surface area contributed by atoms with E-state index in [0.717, 1.165) is 12.8 Å². The Kier molecular flexibility index (Phi) is 4.85. The van der Waals surface area contributed by atoms with Gasteiger partial charge in [0.25, 0.3) is 5.91 Å². The molecule has 130 valence electrons. The molecule has 3 rings (SSSR count). The molecule has 2 amide bonds. The van der Waals surface area contributed by atoms with E-state index >= 15 is 0 Å². The second-order valence-electron chi connectivity index (χ2n) is 6.74. The van der Waals surface area contributed by atoms with Gasteiger partial charge in [0.05, 0.1) is 6.04 Å². The number of carbonyl (C=O) groups excluding carboxylic acids is 2. The molecule has 0 N–H and O–H groups in total. The van der Waals surface area contributed by atoms with Crippen molar-refractivity contribution in [2.75, 3.05) is 26.7 Å². The molecule has 0 aromatic heterocycles. The molecule has 1 aromatic carbocycles. The van der Waals surface area contributed by atoms with Crippen LogP contribution >= 0.6 is 0 Å². The van der Waals surface area contributed by atoms with E-state index < -0.39 is 18.0 Å². The zero-order valence-corrected chi connectivity index (χ0v) is 14.1. The molecule has 2 heterocycles. The van der Waals surface area contributed by atoms with Crippen molar-refractivity contribution in [3.8, 4) is 0 Å². The molecule has 0 radical (unpaired) electrons. The van der Waals surface area contributed by atoms with Crippen molar-refractivity contribution in [2.45, 2.75) is 31.9 Å². The number of hydrogen-bond acceptors (Lipinski definition) is 3. The van der Waals surface area contributed by atoms with Crippen LogP contribution in [0, 0.1) is 11.7 Å². The molecule has 0 spiro atoms. The van der Waals surface area contributed by atoms with Crippen LogP contribution in [-0.2, 0) is 14.3 Å². The number of piperidine rings is 1. The van der Waals surface area contributed by atoms with E-state index in [1.54, 1.807) is 24.1 Å². The van der Waals surface area contributed by atoms with E-state index in [0.29, 0.717) is 24.6 Å². The zero-order chi connectivity index (χ0) is 17.3. The average molecular weight is 334 g/mol. The average Bonchev–Trinajstić information content (AvgIpc) is 2.57. The SMILES string of the molecule is CC1CCN(C(=O)[C@H]2OCC(=O)N(C)[C@H]2c2cccc(F)c2)CC1. The van der Waals surface area contributed by atoms with Gasteiger partial charge in [0.2, 0.25) is 5.91 Å². The standard InChI is InChI=1S/C18H23FN2O3/c1-12-6-8-21(9-7-12)18(23)17-16(20(2)15(22)11-24-17)13-4-3-5-14(19)10-13/h3-5,10,12,16-17H,6-9,11H2,1-2H3/t16-,17-/m0/s1. The lowest BCUT2D eigenvalue weighted by Gasteiger charge is -2.41. The normalized spacial score (nSPS) is 25.9. The number of likely N-dealkylation sites (N-methyl/N-ethyl adjacent to an activating group) is 1. The van der Waals surface area contributed by atoms with Crippen LogP contribution in [0.4, 0.5) is 4.39 Å². The van der Waals surface area contributed by atoms with Gasteiger partial charge in [0.1, 0.15) is 12.4 Å². The Hall–Kier alpha value is -1.95. The maximum Gasteiger partial charge on any atom is 0.254 e. The number of likely N-dealkylation sites (tertiary alicyclic amines) is 1. The van der Waals surface area contributed by atoms with Gasteiger partial charge in [-0.05, 0) is 36.5 Å². The minimum atomic E-state index is -0.789. The van der Waals surface area contributed by atoms with Gasteiger partial charge in [0, 0.05) is 20.1 Å². The molecular weight excluding hydrogens is 311 g/mol. The number of ether oxygens (including phenoxy) is 1. The molecule has 0 saturated carbocycles. The van der Waals surface area contributed by atoms with Crippen molar-refractivity contribution in [2.24, 2.45) is 5.92 Å². The quantitative estimate of drug-likeness (QED) is 0.831. The Labute approximate surface area is 141 Å². The van der Waals surface area contributed by atoms with Crippen LogP contribution in [0.3, 0.4) is 0 Å². The molecular formula is C18H23FN2O3. The lowest BCUT2D eigenvalue weighted by molar-refractivity contribution is -0.168. The predicted molar refractivity (Wildman–Crippen MR) is 86.6 cm³/mol. The number of amides is 2. The molecule has 0 unspecified atom stereocenters. The Balaban J connectivity index is 1.86. The number of benzene rings is 1. The largest absolute Gasteiger partial charge is 0.356 e. The van der Waals surface area contributed by atoms with Crippen LogP contribution in [0.5, 0.6) is 0 Å². The van der Waals surface area contributed by atoms with E-state index in [1.807, 2.05) is 0 Å². The van der Waals surface area contributed by atoms with Gasteiger partial charge < -0.3 is 14.5 Å². The molecule has 1 aromatic rings. The summed E-state index contributed by atoms with van der Waals surface area (Å²) in [5.74, 6) is -0.0994. The lowest BCUT2D eigenvalue weighted by Crippen LogP contribution is -2.54. The van der Waals surface area contributed by atoms with Crippen molar-refractivity contribution >= 4 is 11.8 Å². The highest BCUT2D eigenvalue weighted by Crippen LogP contribution is 2.31. The molecule has 0 bridgehead atoms. The minimum Gasteiger partial charge on any atom is -0.356 e. The zero-order valence-electron chi connectivity index (χ0n) is 14.1. The number of halogens is 1. The maximum absolute atomic E-state index is 13.6. The second-order valence-corrected chi connectivity index (χ2v) is 6.74. The molecule has 24 heavy (non-hydrogen) atoms. The number of morpholine rings is 1. The Morgan fingerprint density at radius 1 is 1.29 bits per heavy atom. The van der Waals surface area contributed by atoms with Gasteiger partial charge in [-0.15, -0.1) is 0 Å². The van der Waals surface area contributed by atoms with E-state index in [4.69, 9.17) is 4.74 Å². The number of hydrogen-bond donors (Lipinski definition) is 0. The molecule has 2 aliphatic heterocycles. The maximum atomic E-state index is 13.6. The van der Waals surface area contributed by atoms with Crippen LogP contribution in [0.1, 0.15) is 31.4 Å². The smallest absolute Gasteiger partial charge is 0.254 e. The summed E-state index contributed by atoms with van der Waals surface area (Å²) in [6.07, 6.45) is 1.15. The summed E-state index contributed by atoms with van der Waals surface area (Å²) in [4.78, 5) is 28.3. The number of rotatable bonds is 2. The summed E-state index contributed by atoms with van der Waals surface area (Å²) in [6.45, 7) is 3.46. The highest BCUT2D eigenvalue weighted by molar-refractivity contribution is 5.86. The predicted octanol–water partition coefficient (Wildman–Crippen LogP) is 1.98. The number of nitrogens with zero attached hydrogens (tertiary/aromatic N) is 2. The third-order valence-electron chi connectivity index (χ3n) is 5.01. The van der Waals surface area contributed by atoms with E-state index in [-0.39, 0.29) is 18.4 Å². The van der Waals surface area contributed by atoms with E-state index in [1.165, 1.54) is 17.0 Å². The monoisotopic (exact) mass is 334 g/mol. The van der Waals surface area contributed by atoms with E-state index in [2.05, 4.69) is 6.92 Å². The van der Waals surface area contributed by atoms with Crippen LogP contribution in [0.2, 0.25) is 0 Å². The first-order chi connectivity index (χ1) is 11.5. The van der Waals surface area contributed by atoms with Crippen molar-refractivity contribution < 1.29 is 18.7 Å². The summed E-state index contributed by atoms with van der Waals surface area (Å²) in [5, 5.41) is 0. The summed E-state index contributed by atoms with van der Waals surface area (Å²) in [6, 6.07) is 5.42. The first-order valence-corrected chi connectivity index (χ1v) is 8.39. The van der Waals surface area contributed by atoms with E-state index in [9.17, 15) is 14.0 Å². The number of carbonyl (C=O) groups is 2. The third kappa shape index (κ3) is 3.29. The van der Waals surface area contributed by atoms with Crippen LogP contribution in [0.25, 0.3) is 0 Å². The van der Waals surface area contributed by atoms with Crippen LogP contribution < -0.4 is 0 Å². The molecule has 2 atom stereocenters. The summed E-state index contributed by atoms with van der Waals surface area (Å²) in [5.41, 5.74) is 0.578. The molecule has 5 nitrogen and oxygen atoms in total. The third-order valence-corrected chi connectivity index (χ3v) is 5.01. The lowest BCUT2D eigenvalue weighted by atomic mass is 9.95. The fourth-order valence-electron chi connectivity index (χ4n) is 3.42. The van der Waals surface area contributed by atoms with Crippen LogP contribution in [-0.4, -0.2) is 54.5 Å². The summed E-state index contributed by atoms with van der Waals surface area (Å²) >= 11 is 0. The summed E-state index contributed by atoms with van der Waals surface area (Å²) < 4.78 is 19.2. The van der Waals surface area contributed by atoms with Gasteiger partial charge >= 0.3 is 0 Å². The topological polar surface area (TPSA) is 49.9 Å². The van der Waals surface area contributed by atoms with Crippen molar-refractivity contribution in [3.63, 3.8) is 0 Å². The fourth-order valence-corrected chi connectivity index (χ4v) is 3.42. The highest BCUT2D eigenvalue weighted by atomic mass is 19.1. The van der Waals surface area contributed by atoms with Crippen molar-refractivity contribution in [1.29, 1.82) is 0 Å². The van der Waals surface area contributed by atoms with Gasteiger partial charge in [-0.2, -0.15) is 0 Å². The molecule has 2 fully saturated rings. The van der Waals surface area contributed by atoms with Gasteiger partial charge in [-0.3, -0.25) is 9.59 Å². The molecule has 0 aliphatic carbocycles. The second kappa shape index (κ2) is 6.89. The van der Waals surface area contributed by atoms with Gasteiger partial charge in [-0.1, -0.05) is 19.1 Å². The summed E-state index contributed by atoms with van der Waals surface area (Å²) in [7, 11) is 1.64. The van der Waals surface area contributed by atoms with Crippen molar-refractivity contribution in [1.82, 2.24) is 9.80 Å². The Morgan fingerprint density at radius 2 is 2.00 bits per heavy atom. The van der Waals surface area contributed by atoms with Gasteiger partial charge in [0.15, 0.2) is 6.10 Å². The first-order valence-electron chi connectivity index (χ1n) is 8.39. The molecule has 6 heteroatoms. The Bertz CT molecular complexity index is 628. The highest BCUT2D eigenvalue weighted by Gasteiger charge is 2.42. The first kappa shape index (κ1) is 16.9. The van der Waals surface area contributed by atoms with Crippen molar-refractivity contribution in [3.05, 3.63) is 35.6 Å². The minimum absolute atomic E-state index is 0.115. The van der Waals surface area contributed by atoms with Gasteiger partial charge in [-0.25, -0.2) is 4.39 Å². The Morgan fingerprint density at radius 3 is 2.67 bits per heavy atom. The van der Waals surface area contributed by atoms with Crippen LogP contribution in [0.15, 0.2) is 24.3 Å². The fraction of sp³-hybridized carbons (Fsp3) is 0.556. The molecule has 2 saturated heterocycles. The molecule has 2 aliphatic rings.